The lowest BCUT2D eigenvalue weighted by atomic mass is 9.87. The van der Waals surface area contributed by atoms with Crippen LogP contribution in [0.1, 0.15) is 19.3 Å². The number of halogens is 3. The van der Waals surface area contributed by atoms with Crippen LogP contribution < -0.4 is 21.7 Å². The maximum Gasteiger partial charge on any atom is 0.245 e. The van der Waals surface area contributed by atoms with Crippen molar-refractivity contribution in [2.75, 3.05) is 35.6 Å². The number of nitrogens with one attached hydrogen (secondary N) is 1. The lowest BCUT2D eigenvalue weighted by molar-refractivity contribution is -0.140. The Balaban J connectivity index is 1.57. The van der Waals surface area contributed by atoms with Gasteiger partial charge in [0.15, 0.2) is 11.6 Å². The van der Waals surface area contributed by atoms with Crippen LogP contribution in [0.15, 0.2) is 24.5 Å². The lowest BCUT2D eigenvalue weighted by Crippen LogP contribution is -2.61. The van der Waals surface area contributed by atoms with Gasteiger partial charge in [0, 0.05) is 30.3 Å². The number of likely N-dealkylation sites (tertiary alicyclic amines) is 1. The second kappa shape index (κ2) is 9.34. The first-order chi connectivity index (χ1) is 15.7. The average Bonchev–Trinajstić information content (AvgIpc) is 2.76. The third-order valence-electron chi connectivity index (χ3n) is 6.12. The number of benzene rings is 1. The molecule has 3 atom stereocenters. The first kappa shape index (κ1) is 23.0. The highest BCUT2D eigenvalue weighted by atomic mass is 35.5. The first-order valence-corrected chi connectivity index (χ1v) is 11.0. The van der Waals surface area contributed by atoms with Crippen LogP contribution in [0.3, 0.4) is 0 Å². The summed E-state index contributed by atoms with van der Waals surface area (Å²) in [4.78, 5) is 36.5. The summed E-state index contributed by atoms with van der Waals surface area (Å²) in [6, 6.07) is 2.75. The van der Waals surface area contributed by atoms with Crippen molar-refractivity contribution in [3.8, 4) is 0 Å². The van der Waals surface area contributed by atoms with Gasteiger partial charge in [-0.1, -0.05) is 11.6 Å². The molecule has 2 aliphatic rings. The average molecular weight is 480 g/mol. The molecule has 2 amide bonds. The van der Waals surface area contributed by atoms with E-state index in [0.29, 0.717) is 38.0 Å². The van der Waals surface area contributed by atoms with Gasteiger partial charge in [-0.25, -0.2) is 14.4 Å². The molecule has 176 valence electrons. The van der Waals surface area contributed by atoms with Gasteiger partial charge in [0.2, 0.25) is 17.6 Å². The molecule has 0 bridgehead atoms. The summed E-state index contributed by atoms with van der Waals surface area (Å²) in [5.74, 6) is -2.90. The van der Waals surface area contributed by atoms with Crippen LogP contribution in [0, 0.1) is 17.6 Å². The number of hydrogen-bond donors (Lipinski definition) is 3. The van der Waals surface area contributed by atoms with Gasteiger partial charge < -0.3 is 26.6 Å². The number of nitrogen functional groups attached to an aromatic ring is 1. The Morgan fingerprint density at radius 2 is 1.97 bits per heavy atom. The molecule has 0 radical (unpaired) electrons. The summed E-state index contributed by atoms with van der Waals surface area (Å²) < 4.78 is 28.3. The number of carbonyl (C=O) groups is 2. The number of hydrogen-bond acceptors (Lipinski definition) is 7. The Hall–Kier alpha value is -3.21. The zero-order chi connectivity index (χ0) is 23.7. The molecule has 12 heteroatoms. The number of primary amides is 1. The van der Waals surface area contributed by atoms with E-state index >= 15 is 0 Å². The van der Waals surface area contributed by atoms with Gasteiger partial charge in [0.05, 0.1) is 12.0 Å². The van der Waals surface area contributed by atoms with Crippen LogP contribution in [0.25, 0.3) is 0 Å². The zero-order valence-corrected chi connectivity index (χ0v) is 18.4. The van der Waals surface area contributed by atoms with Gasteiger partial charge in [-0.3, -0.25) is 9.59 Å². The van der Waals surface area contributed by atoms with Gasteiger partial charge in [-0.15, -0.1) is 0 Å². The molecule has 3 heterocycles. The second-order valence-electron chi connectivity index (χ2n) is 8.24. The van der Waals surface area contributed by atoms with Crippen molar-refractivity contribution < 1.29 is 18.4 Å². The molecule has 0 spiro atoms. The SMILES string of the molecule is NC(=O)[C@H]1CCN(c2ncnc(N)c2F)C[C@@H]1N1CCC[C@H](Nc2cc(F)cc(Cl)c2)C1=O. The van der Waals surface area contributed by atoms with E-state index in [1.165, 1.54) is 24.5 Å². The minimum atomic E-state index is -0.749. The van der Waals surface area contributed by atoms with Crippen LogP contribution in [0.4, 0.5) is 26.1 Å². The number of rotatable bonds is 5. The number of nitrogens with two attached hydrogens (primary N) is 2. The van der Waals surface area contributed by atoms with Gasteiger partial charge in [0.25, 0.3) is 0 Å². The van der Waals surface area contributed by atoms with E-state index in [9.17, 15) is 18.4 Å². The van der Waals surface area contributed by atoms with Gasteiger partial charge in [0.1, 0.15) is 18.2 Å². The topological polar surface area (TPSA) is 130 Å². The molecule has 0 saturated carbocycles. The minimum Gasteiger partial charge on any atom is -0.381 e. The fourth-order valence-corrected chi connectivity index (χ4v) is 4.79. The molecule has 1 aromatic heterocycles. The van der Waals surface area contributed by atoms with E-state index in [1.54, 1.807) is 9.80 Å². The normalized spacial score (nSPS) is 23.5. The number of anilines is 3. The zero-order valence-electron chi connectivity index (χ0n) is 17.7. The first-order valence-electron chi connectivity index (χ1n) is 10.6. The van der Waals surface area contributed by atoms with Gasteiger partial charge in [-0.2, -0.15) is 4.39 Å². The molecule has 0 unspecified atom stereocenters. The quantitative estimate of drug-likeness (QED) is 0.595. The fraction of sp³-hybridized carbons (Fsp3) is 0.429. The molecular weight excluding hydrogens is 456 g/mol. The van der Waals surface area contributed by atoms with Crippen LogP contribution in [-0.4, -0.2) is 58.4 Å². The molecular formula is C21H24ClF2N7O2. The van der Waals surface area contributed by atoms with Crippen molar-refractivity contribution in [1.82, 2.24) is 14.9 Å². The minimum absolute atomic E-state index is 0.0176. The third-order valence-corrected chi connectivity index (χ3v) is 6.34. The summed E-state index contributed by atoms with van der Waals surface area (Å²) in [6.07, 6.45) is 2.67. The highest BCUT2D eigenvalue weighted by Gasteiger charge is 2.42. The predicted molar refractivity (Wildman–Crippen MR) is 119 cm³/mol. The number of aromatic nitrogens is 2. The summed E-state index contributed by atoms with van der Waals surface area (Å²) in [5, 5.41) is 3.25. The van der Waals surface area contributed by atoms with E-state index in [4.69, 9.17) is 23.1 Å². The summed E-state index contributed by atoms with van der Waals surface area (Å²) in [7, 11) is 0. The van der Waals surface area contributed by atoms with Crippen molar-refractivity contribution in [1.29, 1.82) is 0 Å². The van der Waals surface area contributed by atoms with Gasteiger partial charge >= 0.3 is 0 Å². The van der Waals surface area contributed by atoms with E-state index in [2.05, 4.69) is 15.3 Å². The summed E-state index contributed by atoms with van der Waals surface area (Å²) in [5.41, 5.74) is 11.6. The molecule has 1 aromatic carbocycles. The smallest absolute Gasteiger partial charge is 0.245 e. The number of amides is 2. The van der Waals surface area contributed by atoms with Crippen molar-refractivity contribution in [2.45, 2.75) is 31.3 Å². The second-order valence-corrected chi connectivity index (χ2v) is 8.67. The predicted octanol–water partition coefficient (Wildman–Crippen LogP) is 1.77. The molecule has 0 aliphatic carbocycles. The van der Waals surface area contributed by atoms with Crippen molar-refractivity contribution in [3.63, 3.8) is 0 Å². The fourth-order valence-electron chi connectivity index (χ4n) is 4.57. The monoisotopic (exact) mass is 479 g/mol. The largest absolute Gasteiger partial charge is 0.381 e. The van der Waals surface area contributed by atoms with Crippen LogP contribution in [0.5, 0.6) is 0 Å². The third kappa shape index (κ3) is 4.77. The van der Waals surface area contributed by atoms with E-state index in [1.807, 2.05) is 0 Å². The van der Waals surface area contributed by atoms with Crippen LogP contribution in [0.2, 0.25) is 5.02 Å². The standard InChI is InChI=1S/C21H24ClF2N7O2/c22-11-6-12(23)8-13(7-11)29-15-2-1-4-31(21(15)33)16-9-30(5-3-14(16)19(26)32)20-17(24)18(25)27-10-28-20/h6-8,10,14-16,29H,1-5,9H2,(H2,26,32)(H2,25,27,28)/t14-,15-,16-/m0/s1. The number of carbonyl (C=O) groups excluding carboxylic acids is 2. The number of piperidine rings is 2. The van der Waals surface area contributed by atoms with E-state index in [0.717, 1.165) is 0 Å². The maximum absolute atomic E-state index is 14.5. The Kier molecular flexibility index (Phi) is 6.50. The van der Waals surface area contributed by atoms with Crippen molar-refractivity contribution >= 4 is 40.7 Å². The number of nitrogens with zero attached hydrogens (tertiary/aromatic N) is 4. The van der Waals surface area contributed by atoms with E-state index in [-0.39, 0.29) is 29.1 Å². The van der Waals surface area contributed by atoms with Crippen molar-refractivity contribution in [2.24, 2.45) is 11.7 Å². The Bertz CT molecular complexity index is 1050. The molecule has 33 heavy (non-hydrogen) atoms. The summed E-state index contributed by atoms with van der Waals surface area (Å²) in [6.45, 7) is 0.895. The highest BCUT2D eigenvalue weighted by Crippen LogP contribution is 2.31. The Labute approximate surface area is 194 Å². The van der Waals surface area contributed by atoms with Gasteiger partial charge in [-0.05, 0) is 37.5 Å². The lowest BCUT2D eigenvalue weighted by Gasteiger charge is -2.46. The summed E-state index contributed by atoms with van der Waals surface area (Å²) >= 11 is 5.92. The maximum atomic E-state index is 14.5. The highest BCUT2D eigenvalue weighted by molar-refractivity contribution is 6.30. The van der Waals surface area contributed by atoms with E-state index < -0.39 is 35.5 Å². The molecule has 2 aliphatic heterocycles. The molecule has 9 nitrogen and oxygen atoms in total. The molecule has 4 rings (SSSR count). The van der Waals surface area contributed by atoms with Crippen LogP contribution in [-0.2, 0) is 9.59 Å². The van der Waals surface area contributed by atoms with Crippen molar-refractivity contribution in [3.05, 3.63) is 41.2 Å². The molecule has 2 aromatic rings. The van der Waals surface area contributed by atoms with Crippen LogP contribution >= 0.6 is 11.6 Å². The Morgan fingerprint density at radius 1 is 1.18 bits per heavy atom. The molecule has 5 N–H and O–H groups in total. The molecule has 2 saturated heterocycles. The Morgan fingerprint density at radius 3 is 2.70 bits per heavy atom. The molecule has 2 fully saturated rings.